The summed E-state index contributed by atoms with van der Waals surface area (Å²) >= 11 is 0. The fourth-order valence-corrected chi connectivity index (χ4v) is 4.56. The minimum atomic E-state index is -3.91. The third kappa shape index (κ3) is 4.15. The average molecular weight is 387 g/mol. The second-order valence-corrected chi connectivity index (χ2v) is 8.19. The van der Waals surface area contributed by atoms with Crippen molar-refractivity contribution in [2.45, 2.75) is 17.7 Å². The summed E-state index contributed by atoms with van der Waals surface area (Å²) in [6.07, 6.45) is 0.714. The number of hydrogen-bond donors (Lipinski definition) is 1. The summed E-state index contributed by atoms with van der Waals surface area (Å²) in [4.78, 5) is 12.1. The Labute approximate surface area is 157 Å². The molecule has 6 nitrogen and oxygen atoms in total. The third-order valence-corrected chi connectivity index (χ3v) is 6.49. The van der Waals surface area contributed by atoms with Gasteiger partial charge >= 0.3 is 0 Å². The van der Waals surface area contributed by atoms with Crippen LogP contribution in [0.1, 0.15) is 18.4 Å². The van der Waals surface area contributed by atoms with Crippen molar-refractivity contribution in [3.63, 3.8) is 0 Å². The highest BCUT2D eigenvalue weighted by molar-refractivity contribution is 7.89. The van der Waals surface area contributed by atoms with E-state index in [1.54, 1.807) is 24.3 Å². The molecule has 2 aromatic rings. The first-order chi connectivity index (χ1) is 12.9. The van der Waals surface area contributed by atoms with Crippen molar-refractivity contribution in [2.75, 3.05) is 18.4 Å². The zero-order valence-electron chi connectivity index (χ0n) is 14.4. The molecule has 1 fully saturated rings. The number of amides is 1. The summed E-state index contributed by atoms with van der Waals surface area (Å²) in [6, 6.07) is 13.8. The van der Waals surface area contributed by atoms with Crippen LogP contribution in [-0.2, 0) is 14.8 Å². The molecule has 3 rings (SSSR count). The van der Waals surface area contributed by atoms with E-state index in [4.69, 9.17) is 5.26 Å². The number of benzene rings is 2. The van der Waals surface area contributed by atoms with Crippen LogP contribution in [0.4, 0.5) is 10.1 Å². The van der Waals surface area contributed by atoms with E-state index in [2.05, 4.69) is 5.32 Å². The second kappa shape index (κ2) is 7.86. The molecular weight excluding hydrogens is 369 g/mol. The van der Waals surface area contributed by atoms with Gasteiger partial charge in [0.2, 0.25) is 15.9 Å². The van der Waals surface area contributed by atoms with Crippen LogP contribution in [0.2, 0.25) is 0 Å². The van der Waals surface area contributed by atoms with E-state index < -0.39 is 15.8 Å². The molecule has 1 saturated heterocycles. The smallest absolute Gasteiger partial charge is 0.245 e. The molecule has 27 heavy (non-hydrogen) atoms. The summed E-state index contributed by atoms with van der Waals surface area (Å²) in [5.41, 5.74) is 1.08. The molecule has 140 valence electrons. The Morgan fingerprint density at radius 1 is 1.11 bits per heavy atom. The first-order valence-electron chi connectivity index (χ1n) is 8.47. The Hall–Kier alpha value is -2.76. The molecule has 1 aliphatic heterocycles. The topological polar surface area (TPSA) is 90.3 Å². The fourth-order valence-electron chi connectivity index (χ4n) is 3.02. The third-order valence-electron chi connectivity index (χ3n) is 4.56. The van der Waals surface area contributed by atoms with Gasteiger partial charge in [0.15, 0.2) is 0 Å². The summed E-state index contributed by atoms with van der Waals surface area (Å²) in [5, 5.41) is 11.6. The van der Waals surface area contributed by atoms with Crippen LogP contribution in [0.3, 0.4) is 0 Å². The van der Waals surface area contributed by atoms with E-state index in [0.717, 1.165) is 6.07 Å². The molecule has 1 heterocycles. The van der Waals surface area contributed by atoms with E-state index in [1.165, 1.54) is 22.5 Å². The van der Waals surface area contributed by atoms with Crippen molar-refractivity contribution in [1.82, 2.24) is 4.31 Å². The van der Waals surface area contributed by atoms with Crippen LogP contribution in [0.25, 0.3) is 0 Å². The fraction of sp³-hybridized carbons (Fsp3) is 0.263. The summed E-state index contributed by atoms with van der Waals surface area (Å²) in [7, 11) is -3.91. The van der Waals surface area contributed by atoms with Gasteiger partial charge in [-0.3, -0.25) is 4.79 Å². The standard InChI is InChI=1S/C19H18FN3O3S/c20-17-3-1-2-4-18(17)27(25,26)23-11-9-15(10-12-23)19(24)22-16-7-5-14(13-21)6-8-16/h1-8,15H,9-12H2,(H,22,24). The minimum absolute atomic E-state index is 0.155. The van der Waals surface area contributed by atoms with Gasteiger partial charge in [0, 0.05) is 24.7 Å². The maximum Gasteiger partial charge on any atom is 0.245 e. The minimum Gasteiger partial charge on any atom is -0.326 e. The highest BCUT2D eigenvalue weighted by atomic mass is 32.2. The Kier molecular flexibility index (Phi) is 5.54. The monoisotopic (exact) mass is 387 g/mol. The number of nitrogens with zero attached hydrogens (tertiary/aromatic N) is 2. The lowest BCUT2D eigenvalue weighted by Crippen LogP contribution is -2.41. The molecule has 1 N–H and O–H groups in total. The van der Waals surface area contributed by atoms with Gasteiger partial charge in [-0.05, 0) is 49.2 Å². The molecule has 0 bridgehead atoms. The van der Waals surface area contributed by atoms with Crippen molar-refractivity contribution in [3.8, 4) is 6.07 Å². The largest absolute Gasteiger partial charge is 0.326 e. The number of carbonyl (C=O) groups excluding carboxylic acids is 1. The molecule has 0 atom stereocenters. The van der Waals surface area contributed by atoms with Gasteiger partial charge in [-0.25, -0.2) is 12.8 Å². The molecule has 0 saturated carbocycles. The quantitative estimate of drug-likeness (QED) is 0.873. The van der Waals surface area contributed by atoms with Crippen molar-refractivity contribution in [2.24, 2.45) is 5.92 Å². The number of anilines is 1. The van der Waals surface area contributed by atoms with Gasteiger partial charge in [-0.2, -0.15) is 9.57 Å². The molecule has 0 radical (unpaired) electrons. The number of carbonyl (C=O) groups is 1. The lowest BCUT2D eigenvalue weighted by Gasteiger charge is -2.30. The molecular formula is C19H18FN3O3S. The first-order valence-corrected chi connectivity index (χ1v) is 9.91. The Bertz CT molecular complexity index is 976. The van der Waals surface area contributed by atoms with Crippen LogP contribution in [0.5, 0.6) is 0 Å². The van der Waals surface area contributed by atoms with Gasteiger partial charge in [-0.1, -0.05) is 12.1 Å². The number of piperidine rings is 1. The lowest BCUT2D eigenvalue weighted by molar-refractivity contribution is -0.120. The highest BCUT2D eigenvalue weighted by Gasteiger charge is 2.33. The van der Waals surface area contributed by atoms with Crippen molar-refractivity contribution < 1.29 is 17.6 Å². The second-order valence-electron chi connectivity index (χ2n) is 6.29. The van der Waals surface area contributed by atoms with E-state index in [1.807, 2.05) is 6.07 Å². The first kappa shape index (κ1) is 19.0. The molecule has 0 spiro atoms. The molecule has 2 aromatic carbocycles. The van der Waals surface area contributed by atoms with Crippen molar-refractivity contribution >= 4 is 21.6 Å². The van der Waals surface area contributed by atoms with Gasteiger partial charge in [0.25, 0.3) is 0 Å². The average Bonchev–Trinajstić information content (AvgIpc) is 2.69. The van der Waals surface area contributed by atoms with Crippen molar-refractivity contribution in [3.05, 3.63) is 59.9 Å². The van der Waals surface area contributed by atoms with Gasteiger partial charge in [-0.15, -0.1) is 0 Å². The Morgan fingerprint density at radius 2 is 1.74 bits per heavy atom. The van der Waals surface area contributed by atoms with Gasteiger partial charge < -0.3 is 5.32 Å². The Balaban J connectivity index is 1.62. The van der Waals surface area contributed by atoms with Crippen LogP contribution in [0.15, 0.2) is 53.4 Å². The number of nitriles is 1. The lowest BCUT2D eigenvalue weighted by atomic mass is 9.97. The Morgan fingerprint density at radius 3 is 2.33 bits per heavy atom. The predicted molar refractivity (Wildman–Crippen MR) is 97.7 cm³/mol. The van der Waals surface area contributed by atoms with E-state index in [0.29, 0.717) is 24.1 Å². The van der Waals surface area contributed by atoms with E-state index >= 15 is 0 Å². The van der Waals surface area contributed by atoms with E-state index in [-0.39, 0.29) is 29.8 Å². The maximum absolute atomic E-state index is 13.9. The van der Waals surface area contributed by atoms with Crippen LogP contribution in [-0.4, -0.2) is 31.7 Å². The summed E-state index contributed by atoms with van der Waals surface area (Å²) in [5.74, 6) is -1.30. The molecule has 0 unspecified atom stereocenters. The number of rotatable bonds is 4. The van der Waals surface area contributed by atoms with Gasteiger partial charge in [0.1, 0.15) is 10.7 Å². The normalized spacial score (nSPS) is 15.9. The number of halogens is 1. The van der Waals surface area contributed by atoms with Crippen molar-refractivity contribution in [1.29, 1.82) is 5.26 Å². The molecule has 0 aromatic heterocycles. The molecule has 8 heteroatoms. The van der Waals surface area contributed by atoms with Crippen LogP contribution >= 0.6 is 0 Å². The molecule has 1 amide bonds. The van der Waals surface area contributed by atoms with Gasteiger partial charge in [0.05, 0.1) is 11.6 Å². The summed E-state index contributed by atoms with van der Waals surface area (Å²) < 4.78 is 40.3. The maximum atomic E-state index is 13.9. The van der Waals surface area contributed by atoms with E-state index in [9.17, 15) is 17.6 Å². The summed E-state index contributed by atoms with van der Waals surface area (Å²) in [6.45, 7) is 0.310. The van der Waals surface area contributed by atoms with Crippen LogP contribution in [0, 0.1) is 23.1 Å². The highest BCUT2D eigenvalue weighted by Crippen LogP contribution is 2.26. The zero-order valence-corrected chi connectivity index (χ0v) is 15.2. The SMILES string of the molecule is N#Cc1ccc(NC(=O)C2CCN(S(=O)(=O)c3ccccc3F)CC2)cc1. The predicted octanol–water partition coefficient (Wildman–Crippen LogP) is 2.74. The zero-order chi connectivity index (χ0) is 19.4. The number of sulfonamides is 1. The molecule has 0 aliphatic carbocycles. The molecule has 1 aliphatic rings. The van der Waals surface area contributed by atoms with Crippen LogP contribution < -0.4 is 5.32 Å². The number of hydrogen-bond acceptors (Lipinski definition) is 4. The number of nitrogens with one attached hydrogen (secondary N) is 1.